The van der Waals surface area contributed by atoms with Crippen molar-refractivity contribution >= 4 is 43.5 Å². The summed E-state index contributed by atoms with van der Waals surface area (Å²) in [6.45, 7) is 0. The van der Waals surface area contributed by atoms with E-state index >= 15 is 0 Å². The van der Waals surface area contributed by atoms with Gasteiger partial charge in [0.05, 0.1) is 0 Å². The summed E-state index contributed by atoms with van der Waals surface area (Å²) in [6.07, 6.45) is 0. The van der Waals surface area contributed by atoms with E-state index in [2.05, 4.69) is 54.6 Å². The van der Waals surface area contributed by atoms with Crippen molar-refractivity contribution in [1.82, 2.24) is 15.0 Å². The van der Waals surface area contributed by atoms with Crippen LogP contribution in [0.1, 0.15) is 0 Å². The van der Waals surface area contributed by atoms with Crippen LogP contribution in [0, 0.1) is 0 Å². The Morgan fingerprint density at radius 2 is 0.923 bits per heavy atom. The molecule has 0 unspecified atom stereocenters. The molecule has 0 N–H and O–H groups in total. The molecule has 8 rings (SSSR count). The number of hydrogen-bond donors (Lipinski definition) is 0. The molecule has 0 aliphatic carbocycles. The summed E-state index contributed by atoms with van der Waals surface area (Å²) in [7, 11) is 0. The van der Waals surface area contributed by atoms with Crippen LogP contribution in [-0.4, -0.2) is 15.0 Å². The highest BCUT2D eigenvalue weighted by Gasteiger charge is 2.17. The zero-order chi connectivity index (χ0) is 25.8. The molecular formula is C35H21N3O. The number of para-hydroxylation sites is 1. The van der Waals surface area contributed by atoms with E-state index in [0.717, 1.165) is 49.4 Å². The lowest BCUT2D eigenvalue weighted by molar-refractivity contribution is 0.673. The molecule has 0 aliphatic rings. The third-order valence-electron chi connectivity index (χ3n) is 7.30. The van der Waals surface area contributed by atoms with E-state index in [1.165, 1.54) is 10.8 Å². The highest BCUT2D eigenvalue weighted by molar-refractivity contribution is 6.30. The van der Waals surface area contributed by atoms with Crippen LogP contribution < -0.4 is 0 Å². The van der Waals surface area contributed by atoms with Crippen molar-refractivity contribution in [2.75, 3.05) is 0 Å². The highest BCUT2D eigenvalue weighted by Crippen LogP contribution is 2.41. The van der Waals surface area contributed by atoms with E-state index in [4.69, 9.17) is 19.4 Å². The quantitative estimate of drug-likeness (QED) is 0.228. The van der Waals surface area contributed by atoms with Crippen LogP contribution in [0.2, 0.25) is 0 Å². The number of aromatic nitrogens is 3. The third kappa shape index (κ3) is 3.50. The van der Waals surface area contributed by atoms with Crippen LogP contribution in [0.25, 0.3) is 77.6 Å². The van der Waals surface area contributed by atoms with Gasteiger partial charge in [-0.05, 0) is 34.4 Å². The van der Waals surface area contributed by atoms with Crippen molar-refractivity contribution in [3.63, 3.8) is 0 Å². The molecule has 6 aromatic carbocycles. The van der Waals surface area contributed by atoms with Crippen molar-refractivity contribution in [3.05, 3.63) is 127 Å². The monoisotopic (exact) mass is 499 g/mol. The summed E-state index contributed by atoms with van der Waals surface area (Å²) in [5.74, 6) is 1.94. The molecule has 0 amide bonds. The van der Waals surface area contributed by atoms with E-state index in [0.29, 0.717) is 17.5 Å². The number of benzene rings is 6. The Morgan fingerprint density at radius 3 is 1.59 bits per heavy atom. The fourth-order valence-corrected chi connectivity index (χ4v) is 5.48. The zero-order valence-electron chi connectivity index (χ0n) is 20.9. The maximum atomic E-state index is 6.43. The molecule has 0 fully saturated rings. The largest absolute Gasteiger partial charge is 0.455 e. The van der Waals surface area contributed by atoms with Crippen LogP contribution in [0.15, 0.2) is 132 Å². The van der Waals surface area contributed by atoms with Gasteiger partial charge in [-0.2, -0.15) is 0 Å². The van der Waals surface area contributed by atoms with Crippen LogP contribution in [0.5, 0.6) is 0 Å². The van der Waals surface area contributed by atoms with Crippen molar-refractivity contribution in [2.24, 2.45) is 0 Å². The fraction of sp³-hybridized carbons (Fsp3) is 0. The van der Waals surface area contributed by atoms with Gasteiger partial charge in [0.1, 0.15) is 11.2 Å². The smallest absolute Gasteiger partial charge is 0.164 e. The van der Waals surface area contributed by atoms with Gasteiger partial charge < -0.3 is 4.42 Å². The minimum absolute atomic E-state index is 0.637. The van der Waals surface area contributed by atoms with Gasteiger partial charge in [0, 0.05) is 32.8 Å². The van der Waals surface area contributed by atoms with Gasteiger partial charge in [0.25, 0.3) is 0 Å². The molecule has 4 heteroatoms. The Labute approximate surface area is 224 Å². The number of hydrogen-bond acceptors (Lipinski definition) is 4. The van der Waals surface area contributed by atoms with Crippen LogP contribution in [-0.2, 0) is 0 Å². The summed E-state index contributed by atoms with van der Waals surface area (Å²) >= 11 is 0. The van der Waals surface area contributed by atoms with Crippen molar-refractivity contribution in [1.29, 1.82) is 0 Å². The van der Waals surface area contributed by atoms with Crippen LogP contribution in [0.3, 0.4) is 0 Å². The molecule has 182 valence electrons. The normalized spacial score (nSPS) is 11.6. The summed E-state index contributed by atoms with van der Waals surface area (Å²) in [4.78, 5) is 14.7. The number of rotatable bonds is 3. The molecule has 0 radical (unpaired) electrons. The van der Waals surface area contributed by atoms with E-state index in [1.54, 1.807) is 0 Å². The maximum absolute atomic E-state index is 6.43. The van der Waals surface area contributed by atoms with E-state index in [9.17, 15) is 0 Å². The first kappa shape index (κ1) is 21.7. The Morgan fingerprint density at radius 1 is 0.385 bits per heavy atom. The topological polar surface area (TPSA) is 51.8 Å². The molecule has 0 spiro atoms. The van der Waals surface area contributed by atoms with Crippen molar-refractivity contribution < 1.29 is 4.42 Å². The Bertz CT molecular complexity index is 2110. The summed E-state index contributed by atoms with van der Waals surface area (Å²) in [5, 5.41) is 6.81. The van der Waals surface area contributed by atoms with Gasteiger partial charge in [-0.15, -0.1) is 0 Å². The molecule has 0 saturated heterocycles. The Balaban J connectivity index is 1.42. The zero-order valence-corrected chi connectivity index (χ0v) is 20.9. The predicted octanol–water partition coefficient (Wildman–Crippen LogP) is 9.08. The molecule has 0 bridgehead atoms. The van der Waals surface area contributed by atoms with Gasteiger partial charge in [-0.25, -0.2) is 15.0 Å². The average molecular weight is 500 g/mol. The fourth-order valence-electron chi connectivity index (χ4n) is 5.48. The molecular weight excluding hydrogens is 478 g/mol. The van der Waals surface area contributed by atoms with E-state index < -0.39 is 0 Å². The van der Waals surface area contributed by atoms with Crippen molar-refractivity contribution in [3.8, 4) is 34.2 Å². The van der Waals surface area contributed by atoms with Gasteiger partial charge in [0.15, 0.2) is 17.5 Å². The predicted molar refractivity (Wildman–Crippen MR) is 158 cm³/mol. The lowest BCUT2D eigenvalue weighted by atomic mass is 9.95. The first-order valence-electron chi connectivity index (χ1n) is 13.0. The second-order valence-electron chi connectivity index (χ2n) is 9.65. The first-order chi connectivity index (χ1) is 19.3. The Kier molecular flexibility index (Phi) is 4.79. The first-order valence-corrected chi connectivity index (χ1v) is 13.0. The van der Waals surface area contributed by atoms with Crippen LogP contribution in [0.4, 0.5) is 0 Å². The highest BCUT2D eigenvalue weighted by atomic mass is 16.3. The van der Waals surface area contributed by atoms with Gasteiger partial charge in [-0.1, -0.05) is 109 Å². The van der Waals surface area contributed by atoms with Gasteiger partial charge in [-0.3, -0.25) is 0 Å². The standard InChI is InChI=1S/C35H21N3O/c1-3-11-22(12-4-1)33-36-34(23-13-5-2-6-14-23)38-35(37-33)24-19-20-27-29(21-24)25-15-7-8-16-26(25)31-28-17-9-10-18-30(28)39-32(27)31/h1-21H. The second-order valence-corrected chi connectivity index (χ2v) is 9.65. The minimum atomic E-state index is 0.637. The van der Waals surface area contributed by atoms with E-state index in [-0.39, 0.29) is 0 Å². The molecule has 4 nitrogen and oxygen atoms in total. The second kappa shape index (κ2) is 8.61. The van der Waals surface area contributed by atoms with Gasteiger partial charge >= 0.3 is 0 Å². The third-order valence-corrected chi connectivity index (χ3v) is 7.30. The molecule has 2 heterocycles. The van der Waals surface area contributed by atoms with Crippen molar-refractivity contribution in [2.45, 2.75) is 0 Å². The molecule has 39 heavy (non-hydrogen) atoms. The summed E-state index contributed by atoms with van der Waals surface area (Å²) < 4.78 is 6.43. The van der Waals surface area contributed by atoms with Crippen LogP contribution >= 0.6 is 0 Å². The number of nitrogens with zero attached hydrogens (tertiary/aromatic N) is 3. The molecule has 0 atom stereocenters. The summed E-state index contributed by atoms with van der Waals surface area (Å²) in [5.41, 5.74) is 4.63. The molecule has 0 aliphatic heterocycles. The summed E-state index contributed by atoms with van der Waals surface area (Å²) in [6, 6.07) is 43.3. The lowest BCUT2D eigenvalue weighted by Gasteiger charge is -2.11. The maximum Gasteiger partial charge on any atom is 0.164 e. The minimum Gasteiger partial charge on any atom is -0.455 e. The van der Waals surface area contributed by atoms with Gasteiger partial charge in [0.2, 0.25) is 0 Å². The molecule has 0 saturated carbocycles. The SMILES string of the molecule is c1ccc(-c2nc(-c3ccccc3)nc(-c3ccc4c(c3)c3ccccc3c3c5ccccc5oc43)n2)cc1. The number of fused-ring (bicyclic) bond motifs is 8. The molecule has 8 aromatic rings. The molecule has 2 aromatic heterocycles. The lowest BCUT2D eigenvalue weighted by Crippen LogP contribution is -2.00. The number of furan rings is 1. The van der Waals surface area contributed by atoms with E-state index in [1.807, 2.05) is 72.8 Å². The average Bonchev–Trinajstić information content (AvgIpc) is 3.42. The Hall–Kier alpha value is -5.35.